The summed E-state index contributed by atoms with van der Waals surface area (Å²) in [7, 11) is 1.62. The third kappa shape index (κ3) is 2.04. The summed E-state index contributed by atoms with van der Waals surface area (Å²) in [5.74, 6) is 0.641. The quantitative estimate of drug-likeness (QED) is 0.608. The number of carbonyl (C=O) groups excluding carboxylic acids is 2. The minimum absolute atomic E-state index is 0.165. The maximum atomic E-state index is 13.5. The van der Waals surface area contributed by atoms with E-state index in [9.17, 15) is 9.59 Å². The van der Waals surface area contributed by atoms with Crippen molar-refractivity contribution in [1.29, 1.82) is 0 Å². The number of hydrogen-bond acceptors (Lipinski definition) is 4. The highest BCUT2D eigenvalue weighted by Crippen LogP contribution is 2.61. The van der Waals surface area contributed by atoms with E-state index in [1.165, 1.54) is 0 Å². The lowest BCUT2D eigenvalue weighted by molar-refractivity contribution is -0.203. The highest BCUT2D eigenvalue weighted by atomic mass is 16.5. The average molecular weight is 328 g/mol. The van der Waals surface area contributed by atoms with Gasteiger partial charge >= 0.3 is 5.97 Å². The maximum absolute atomic E-state index is 13.5. The number of esters is 1. The lowest BCUT2D eigenvalue weighted by atomic mass is 9.52. The molecule has 1 unspecified atom stereocenters. The van der Waals surface area contributed by atoms with Gasteiger partial charge in [0.25, 0.3) is 0 Å². The van der Waals surface area contributed by atoms with Crippen molar-refractivity contribution in [2.45, 2.75) is 57.5 Å². The number of rotatable bonds is 2. The van der Waals surface area contributed by atoms with Gasteiger partial charge in [-0.15, -0.1) is 0 Å². The van der Waals surface area contributed by atoms with Crippen LogP contribution >= 0.6 is 0 Å². The van der Waals surface area contributed by atoms with Gasteiger partial charge in [0.05, 0.1) is 12.5 Å². The highest BCUT2D eigenvalue weighted by molar-refractivity contribution is 6.09. The highest BCUT2D eigenvalue weighted by Gasteiger charge is 2.65. The van der Waals surface area contributed by atoms with Crippen LogP contribution in [0.4, 0.5) is 0 Å². The van der Waals surface area contributed by atoms with Gasteiger partial charge in [-0.25, -0.2) is 0 Å². The number of cyclic esters (lactones) is 1. The number of ketones is 1. The monoisotopic (exact) mass is 328 g/mol. The summed E-state index contributed by atoms with van der Waals surface area (Å²) in [6.45, 7) is 0. The van der Waals surface area contributed by atoms with Crippen molar-refractivity contribution in [3.05, 3.63) is 29.8 Å². The molecule has 1 saturated heterocycles. The zero-order chi connectivity index (χ0) is 16.8. The summed E-state index contributed by atoms with van der Waals surface area (Å²) in [6, 6.07) is 7.57. The van der Waals surface area contributed by atoms with Crippen LogP contribution in [0.5, 0.6) is 5.75 Å². The Morgan fingerprint density at radius 1 is 0.958 bits per heavy atom. The number of benzene rings is 1. The molecule has 128 valence electrons. The summed E-state index contributed by atoms with van der Waals surface area (Å²) in [6.07, 6.45) is 6.60. The van der Waals surface area contributed by atoms with Crippen LogP contribution in [0.1, 0.15) is 63.0 Å². The van der Waals surface area contributed by atoms with Crippen molar-refractivity contribution in [3.8, 4) is 5.75 Å². The second-order valence-electron chi connectivity index (χ2n) is 7.54. The first kappa shape index (κ1) is 15.7. The number of ether oxygens (including phenoxy) is 2. The molecule has 1 aromatic carbocycles. The number of methoxy groups -OCH3 is 1. The van der Waals surface area contributed by atoms with Crippen LogP contribution in [0.3, 0.4) is 0 Å². The maximum Gasteiger partial charge on any atom is 0.320 e. The molecule has 0 N–H and O–H groups in total. The van der Waals surface area contributed by atoms with Gasteiger partial charge in [0.1, 0.15) is 17.3 Å². The predicted octanol–water partition coefficient (Wildman–Crippen LogP) is 3.98. The van der Waals surface area contributed by atoms with Gasteiger partial charge in [0.2, 0.25) is 0 Å². The molecule has 1 atom stereocenters. The molecule has 4 heteroatoms. The summed E-state index contributed by atoms with van der Waals surface area (Å²) in [4.78, 5) is 26.3. The molecule has 1 aromatic rings. The molecule has 2 saturated carbocycles. The zero-order valence-corrected chi connectivity index (χ0v) is 14.2. The van der Waals surface area contributed by atoms with E-state index in [2.05, 4.69) is 0 Å². The Morgan fingerprint density at radius 3 is 2.17 bits per heavy atom. The van der Waals surface area contributed by atoms with Gasteiger partial charge in [0, 0.05) is 0 Å². The zero-order valence-electron chi connectivity index (χ0n) is 14.2. The molecule has 2 spiro atoms. The van der Waals surface area contributed by atoms with Gasteiger partial charge < -0.3 is 9.47 Å². The van der Waals surface area contributed by atoms with Gasteiger partial charge in [-0.05, 0) is 43.4 Å². The first-order valence-electron chi connectivity index (χ1n) is 9.02. The molecular formula is C20H24O4. The van der Waals surface area contributed by atoms with E-state index >= 15 is 0 Å². The van der Waals surface area contributed by atoms with Crippen LogP contribution in [0, 0.1) is 10.8 Å². The Labute approximate surface area is 142 Å². The van der Waals surface area contributed by atoms with Gasteiger partial charge in [0.15, 0.2) is 5.78 Å². The molecule has 0 radical (unpaired) electrons. The Bertz CT molecular complexity index is 651. The van der Waals surface area contributed by atoms with Crippen molar-refractivity contribution < 1.29 is 19.1 Å². The first-order chi connectivity index (χ1) is 11.6. The van der Waals surface area contributed by atoms with Crippen LogP contribution in [-0.4, -0.2) is 18.9 Å². The third-order valence-corrected chi connectivity index (χ3v) is 6.38. The van der Waals surface area contributed by atoms with Crippen molar-refractivity contribution >= 4 is 11.8 Å². The molecule has 0 aromatic heterocycles. The summed E-state index contributed by atoms with van der Waals surface area (Å²) in [5, 5.41) is 0. The average Bonchev–Trinajstić information content (AvgIpc) is 2.59. The number of carbonyl (C=O) groups is 2. The SMILES string of the molecule is COc1ccc(C2OC(=O)C3(CCCCC3)C(=O)C23CCC3)cc1. The minimum Gasteiger partial charge on any atom is -0.497 e. The normalized spacial score (nSPS) is 27.6. The second-order valence-corrected chi connectivity index (χ2v) is 7.54. The number of Topliss-reactive ketones (excluding diaryl/α,β-unsaturated/α-hetero) is 1. The number of hydrogen-bond donors (Lipinski definition) is 0. The molecule has 1 aliphatic heterocycles. The van der Waals surface area contributed by atoms with Crippen molar-refractivity contribution in [2.24, 2.45) is 10.8 Å². The van der Waals surface area contributed by atoms with E-state index in [1.807, 2.05) is 24.3 Å². The fraction of sp³-hybridized carbons (Fsp3) is 0.600. The van der Waals surface area contributed by atoms with Gasteiger partial charge in [-0.3, -0.25) is 9.59 Å². The third-order valence-electron chi connectivity index (χ3n) is 6.38. The lowest BCUT2D eigenvalue weighted by Gasteiger charge is -2.54. The van der Waals surface area contributed by atoms with Gasteiger partial charge in [-0.1, -0.05) is 37.8 Å². The summed E-state index contributed by atoms with van der Waals surface area (Å²) in [5.41, 5.74) is -0.454. The van der Waals surface area contributed by atoms with E-state index in [0.717, 1.165) is 49.8 Å². The van der Waals surface area contributed by atoms with Gasteiger partial charge in [-0.2, -0.15) is 0 Å². The first-order valence-corrected chi connectivity index (χ1v) is 9.02. The molecule has 3 fully saturated rings. The van der Waals surface area contributed by atoms with Crippen molar-refractivity contribution in [2.75, 3.05) is 7.11 Å². The summed E-state index contributed by atoms with van der Waals surface area (Å²) >= 11 is 0. The Kier molecular flexibility index (Phi) is 3.66. The minimum atomic E-state index is -0.859. The van der Waals surface area contributed by atoms with E-state index < -0.39 is 16.9 Å². The van der Waals surface area contributed by atoms with Crippen molar-refractivity contribution in [1.82, 2.24) is 0 Å². The fourth-order valence-corrected chi connectivity index (χ4v) is 4.82. The van der Waals surface area contributed by atoms with Crippen LogP contribution in [0.25, 0.3) is 0 Å². The molecule has 1 heterocycles. The lowest BCUT2D eigenvalue weighted by Crippen LogP contribution is -2.60. The Hall–Kier alpha value is -1.84. The Morgan fingerprint density at radius 2 is 1.62 bits per heavy atom. The van der Waals surface area contributed by atoms with E-state index in [0.29, 0.717) is 12.8 Å². The molecule has 24 heavy (non-hydrogen) atoms. The second kappa shape index (κ2) is 5.61. The predicted molar refractivity (Wildman–Crippen MR) is 88.6 cm³/mol. The topological polar surface area (TPSA) is 52.6 Å². The smallest absolute Gasteiger partial charge is 0.320 e. The summed E-state index contributed by atoms with van der Waals surface area (Å²) < 4.78 is 11.2. The molecule has 4 nitrogen and oxygen atoms in total. The Balaban J connectivity index is 1.71. The van der Waals surface area contributed by atoms with Crippen molar-refractivity contribution in [3.63, 3.8) is 0 Å². The van der Waals surface area contributed by atoms with Crippen LogP contribution in [-0.2, 0) is 14.3 Å². The van der Waals surface area contributed by atoms with Crippen LogP contribution in [0.15, 0.2) is 24.3 Å². The van der Waals surface area contributed by atoms with E-state index in [4.69, 9.17) is 9.47 Å². The fourth-order valence-electron chi connectivity index (χ4n) is 4.82. The molecule has 4 rings (SSSR count). The molecule has 0 amide bonds. The largest absolute Gasteiger partial charge is 0.497 e. The molecular weight excluding hydrogens is 304 g/mol. The van der Waals surface area contributed by atoms with Crippen LogP contribution in [0.2, 0.25) is 0 Å². The standard InChI is InChI=1S/C20H24O4/c1-23-15-8-6-14(7-9-15)16-19(12-5-13-19)17(21)20(18(22)24-16)10-3-2-4-11-20/h6-9,16H,2-5,10-13H2,1H3. The molecule has 0 bridgehead atoms. The van der Waals surface area contributed by atoms with E-state index in [1.54, 1.807) is 7.11 Å². The van der Waals surface area contributed by atoms with E-state index in [-0.39, 0.29) is 11.8 Å². The molecule has 2 aliphatic carbocycles. The van der Waals surface area contributed by atoms with Crippen LogP contribution < -0.4 is 4.74 Å². The molecule has 3 aliphatic rings.